The van der Waals surface area contributed by atoms with Crippen LogP contribution in [0.2, 0.25) is 0 Å². The number of hydrogen-bond donors (Lipinski definition) is 1. The molecule has 0 fully saturated rings. The van der Waals surface area contributed by atoms with E-state index in [0.717, 1.165) is 18.5 Å². The van der Waals surface area contributed by atoms with Gasteiger partial charge in [0.1, 0.15) is 0 Å². The maximum Gasteiger partial charge on any atom is 0.224 e. The second-order valence-corrected chi connectivity index (χ2v) is 6.00. The number of carbonyl (C=O) groups is 1. The summed E-state index contributed by atoms with van der Waals surface area (Å²) < 4.78 is 0. The van der Waals surface area contributed by atoms with Gasteiger partial charge in [-0.2, -0.15) is 0 Å². The number of nitrogens with zero attached hydrogens (tertiary/aromatic N) is 1. The maximum absolute atomic E-state index is 12.5. The van der Waals surface area contributed by atoms with Crippen molar-refractivity contribution in [3.63, 3.8) is 0 Å². The number of rotatable bonds is 3. The first-order valence-electron chi connectivity index (χ1n) is 7.81. The molecule has 22 heavy (non-hydrogen) atoms. The molecule has 0 saturated heterocycles. The molecule has 1 atom stereocenters. The van der Waals surface area contributed by atoms with Crippen LogP contribution >= 0.6 is 0 Å². The molecular formula is C19H22N2O. The number of nitrogens with two attached hydrogens (primary N) is 1. The molecule has 0 saturated carbocycles. The average Bonchev–Trinajstić information content (AvgIpc) is 2.55. The fraction of sp³-hybridized carbons (Fsp3) is 0.316. The average molecular weight is 294 g/mol. The Labute approximate surface area is 131 Å². The van der Waals surface area contributed by atoms with E-state index in [0.29, 0.717) is 13.0 Å². The minimum atomic E-state index is -0.230. The summed E-state index contributed by atoms with van der Waals surface area (Å²) in [4.78, 5) is 14.5. The van der Waals surface area contributed by atoms with Gasteiger partial charge in [0.05, 0.1) is 0 Å². The van der Waals surface area contributed by atoms with Crippen LogP contribution in [0, 0.1) is 6.92 Å². The van der Waals surface area contributed by atoms with Crippen molar-refractivity contribution in [3.8, 4) is 0 Å². The molecule has 0 aromatic heterocycles. The molecule has 2 N–H and O–H groups in total. The fourth-order valence-electron chi connectivity index (χ4n) is 3.10. The van der Waals surface area contributed by atoms with Crippen molar-refractivity contribution in [1.29, 1.82) is 0 Å². The maximum atomic E-state index is 12.5. The van der Waals surface area contributed by atoms with Crippen molar-refractivity contribution in [2.75, 3.05) is 6.54 Å². The van der Waals surface area contributed by atoms with Crippen LogP contribution in [-0.4, -0.2) is 17.4 Å². The third-order valence-corrected chi connectivity index (χ3v) is 4.48. The minimum Gasteiger partial charge on any atom is -0.338 e. The predicted octanol–water partition coefficient (Wildman–Crippen LogP) is 2.97. The molecule has 1 unspecified atom stereocenters. The number of fused-ring (bicyclic) bond motifs is 1. The van der Waals surface area contributed by atoms with Crippen molar-refractivity contribution < 1.29 is 4.79 Å². The Hall–Kier alpha value is -2.13. The standard InChI is InChI=1S/C19H22N2O/c1-14-6-5-9-15-10-11-21(13-17(14)15)19(22)12-18(20)16-7-3-2-4-8-16/h2-9,18H,10-13,20H2,1H3. The predicted molar refractivity (Wildman–Crippen MR) is 88.3 cm³/mol. The molecule has 2 aromatic rings. The van der Waals surface area contributed by atoms with Gasteiger partial charge < -0.3 is 10.6 Å². The molecule has 114 valence electrons. The molecule has 3 heteroatoms. The Morgan fingerprint density at radius 2 is 1.95 bits per heavy atom. The van der Waals surface area contributed by atoms with Gasteiger partial charge in [-0.25, -0.2) is 0 Å². The molecule has 0 spiro atoms. The van der Waals surface area contributed by atoms with Crippen molar-refractivity contribution in [3.05, 3.63) is 70.8 Å². The number of hydrogen-bond acceptors (Lipinski definition) is 2. The monoisotopic (exact) mass is 294 g/mol. The van der Waals surface area contributed by atoms with E-state index in [9.17, 15) is 4.79 Å². The first kappa shape index (κ1) is 14.8. The summed E-state index contributed by atoms with van der Waals surface area (Å²) in [6, 6.07) is 16.0. The lowest BCUT2D eigenvalue weighted by Crippen LogP contribution is -2.37. The van der Waals surface area contributed by atoms with Crippen LogP contribution in [0.5, 0.6) is 0 Å². The molecule has 2 aromatic carbocycles. The number of carbonyl (C=O) groups excluding carboxylic acids is 1. The van der Waals surface area contributed by atoms with E-state index in [-0.39, 0.29) is 11.9 Å². The van der Waals surface area contributed by atoms with Gasteiger partial charge in [-0.15, -0.1) is 0 Å². The summed E-state index contributed by atoms with van der Waals surface area (Å²) in [7, 11) is 0. The van der Waals surface area contributed by atoms with Gasteiger partial charge in [0.2, 0.25) is 5.91 Å². The van der Waals surface area contributed by atoms with Gasteiger partial charge >= 0.3 is 0 Å². The Morgan fingerprint density at radius 1 is 1.18 bits per heavy atom. The Bertz CT molecular complexity index is 666. The third-order valence-electron chi connectivity index (χ3n) is 4.48. The van der Waals surface area contributed by atoms with Crippen molar-refractivity contribution in [2.45, 2.75) is 32.4 Å². The molecule has 1 heterocycles. The van der Waals surface area contributed by atoms with Crippen LogP contribution in [0.1, 0.15) is 34.7 Å². The number of aryl methyl sites for hydroxylation is 1. The molecule has 1 aliphatic rings. The van der Waals surface area contributed by atoms with Gasteiger partial charge in [-0.1, -0.05) is 48.5 Å². The Balaban J connectivity index is 1.68. The second kappa shape index (κ2) is 6.32. The Kier molecular flexibility index (Phi) is 4.25. The molecule has 1 amide bonds. The van der Waals surface area contributed by atoms with E-state index in [1.165, 1.54) is 16.7 Å². The molecule has 3 rings (SSSR count). The van der Waals surface area contributed by atoms with Gasteiger partial charge in [0.15, 0.2) is 0 Å². The van der Waals surface area contributed by atoms with Crippen molar-refractivity contribution in [2.24, 2.45) is 5.73 Å². The third kappa shape index (κ3) is 3.04. The lowest BCUT2D eigenvalue weighted by molar-refractivity contribution is -0.132. The summed E-state index contributed by atoms with van der Waals surface area (Å²) in [5.74, 6) is 0.144. The SMILES string of the molecule is Cc1cccc2c1CN(C(=O)CC(N)c1ccccc1)CC2. The summed E-state index contributed by atoms with van der Waals surface area (Å²) in [5.41, 5.74) is 11.1. The van der Waals surface area contributed by atoms with Gasteiger partial charge in [0.25, 0.3) is 0 Å². The van der Waals surface area contributed by atoms with Crippen LogP contribution in [0.4, 0.5) is 0 Å². The smallest absolute Gasteiger partial charge is 0.224 e. The molecule has 0 aliphatic carbocycles. The van der Waals surface area contributed by atoms with Crippen molar-refractivity contribution in [1.82, 2.24) is 4.90 Å². The highest BCUT2D eigenvalue weighted by atomic mass is 16.2. The van der Waals surface area contributed by atoms with Gasteiger partial charge in [0, 0.05) is 25.6 Å². The van der Waals surface area contributed by atoms with Crippen LogP contribution in [-0.2, 0) is 17.8 Å². The molecule has 0 radical (unpaired) electrons. The Morgan fingerprint density at radius 3 is 2.73 bits per heavy atom. The van der Waals surface area contributed by atoms with E-state index in [4.69, 9.17) is 5.73 Å². The van der Waals surface area contributed by atoms with Gasteiger partial charge in [-0.3, -0.25) is 4.79 Å². The van der Waals surface area contributed by atoms with E-state index >= 15 is 0 Å². The van der Waals surface area contributed by atoms with Crippen molar-refractivity contribution >= 4 is 5.91 Å². The van der Waals surface area contributed by atoms with Crippen LogP contribution in [0.15, 0.2) is 48.5 Å². The van der Waals surface area contributed by atoms with Crippen LogP contribution < -0.4 is 5.73 Å². The highest BCUT2D eigenvalue weighted by molar-refractivity contribution is 5.77. The lowest BCUT2D eigenvalue weighted by Gasteiger charge is -2.30. The quantitative estimate of drug-likeness (QED) is 0.946. The highest BCUT2D eigenvalue weighted by Gasteiger charge is 2.23. The van der Waals surface area contributed by atoms with Gasteiger partial charge in [-0.05, 0) is 35.6 Å². The van der Waals surface area contributed by atoms with E-state index in [2.05, 4.69) is 25.1 Å². The summed E-state index contributed by atoms with van der Waals surface area (Å²) >= 11 is 0. The molecule has 1 aliphatic heterocycles. The summed E-state index contributed by atoms with van der Waals surface area (Å²) in [6.45, 7) is 3.61. The first-order chi connectivity index (χ1) is 10.6. The van der Waals surface area contributed by atoms with Crippen LogP contribution in [0.3, 0.4) is 0 Å². The largest absolute Gasteiger partial charge is 0.338 e. The van der Waals surface area contributed by atoms with E-state index in [1.807, 2.05) is 35.2 Å². The normalized spacial score (nSPS) is 15.3. The lowest BCUT2D eigenvalue weighted by atomic mass is 9.95. The summed E-state index contributed by atoms with van der Waals surface area (Å²) in [6.07, 6.45) is 1.30. The highest BCUT2D eigenvalue weighted by Crippen LogP contribution is 2.24. The zero-order chi connectivity index (χ0) is 15.5. The topological polar surface area (TPSA) is 46.3 Å². The van der Waals surface area contributed by atoms with E-state index < -0.39 is 0 Å². The zero-order valence-corrected chi connectivity index (χ0v) is 13.0. The number of amides is 1. The molecule has 0 bridgehead atoms. The second-order valence-electron chi connectivity index (χ2n) is 6.00. The van der Waals surface area contributed by atoms with Crippen LogP contribution in [0.25, 0.3) is 0 Å². The number of benzene rings is 2. The fourth-order valence-corrected chi connectivity index (χ4v) is 3.10. The first-order valence-corrected chi connectivity index (χ1v) is 7.81. The molecule has 3 nitrogen and oxygen atoms in total. The minimum absolute atomic E-state index is 0.144. The zero-order valence-electron chi connectivity index (χ0n) is 13.0. The van der Waals surface area contributed by atoms with E-state index in [1.54, 1.807) is 0 Å². The summed E-state index contributed by atoms with van der Waals surface area (Å²) in [5, 5.41) is 0. The molecular weight excluding hydrogens is 272 g/mol.